The fourth-order valence-electron chi connectivity index (χ4n) is 0.986. The van der Waals surface area contributed by atoms with E-state index in [-0.39, 0.29) is 3.74 Å². The lowest BCUT2D eigenvalue weighted by Gasteiger charge is -2.08. The molecule has 1 aromatic rings. The number of halogens is 3. The molecule has 0 fully saturated rings. The maximum Gasteiger partial charge on any atom is 0.339 e. The van der Waals surface area contributed by atoms with Crippen molar-refractivity contribution < 1.29 is 9.53 Å². The maximum absolute atomic E-state index is 11.3. The van der Waals surface area contributed by atoms with Gasteiger partial charge in [0.05, 0.1) is 21.4 Å². The zero-order valence-electron chi connectivity index (χ0n) is 7.26. The monoisotopic (exact) mass is 340 g/mol. The first kappa shape index (κ1) is 12.0. The van der Waals surface area contributed by atoms with Crippen molar-refractivity contribution in [1.82, 2.24) is 0 Å². The molecule has 0 unspecified atom stereocenters. The number of carbonyl (C=O) groups excluding carboxylic acids is 1. The molecule has 14 heavy (non-hydrogen) atoms. The summed E-state index contributed by atoms with van der Waals surface area (Å²) in [4.78, 5) is 11.3. The summed E-state index contributed by atoms with van der Waals surface area (Å²) >= 11 is 12.7. The number of alkyl halides is 2. The molecule has 0 radical (unpaired) electrons. The minimum absolute atomic E-state index is 0.0768. The van der Waals surface area contributed by atoms with Crippen LogP contribution in [0.2, 0.25) is 5.02 Å². The van der Waals surface area contributed by atoms with Gasteiger partial charge in [-0.1, -0.05) is 55.6 Å². The molecule has 2 nitrogen and oxygen atoms in total. The van der Waals surface area contributed by atoms with Crippen LogP contribution in [0.3, 0.4) is 0 Å². The normalized spacial score (nSPS) is 10.4. The van der Waals surface area contributed by atoms with E-state index in [9.17, 15) is 4.79 Å². The van der Waals surface area contributed by atoms with Crippen molar-refractivity contribution in [2.75, 3.05) is 7.11 Å². The van der Waals surface area contributed by atoms with Crippen LogP contribution in [0.5, 0.6) is 0 Å². The highest BCUT2D eigenvalue weighted by Crippen LogP contribution is 2.35. The van der Waals surface area contributed by atoms with E-state index in [0.29, 0.717) is 10.6 Å². The first-order valence-electron chi connectivity index (χ1n) is 3.72. The lowest BCUT2D eigenvalue weighted by molar-refractivity contribution is 0.0601. The Morgan fingerprint density at radius 3 is 2.64 bits per heavy atom. The van der Waals surface area contributed by atoms with E-state index in [0.717, 1.165) is 5.56 Å². The molecule has 0 atom stereocenters. The molecule has 0 aliphatic carbocycles. The van der Waals surface area contributed by atoms with Crippen LogP contribution in [-0.2, 0) is 4.74 Å². The lowest BCUT2D eigenvalue weighted by Crippen LogP contribution is -2.03. The van der Waals surface area contributed by atoms with E-state index < -0.39 is 5.97 Å². The number of rotatable bonds is 2. The van der Waals surface area contributed by atoms with E-state index in [4.69, 9.17) is 11.6 Å². The van der Waals surface area contributed by atoms with E-state index >= 15 is 0 Å². The predicted octanol–water partition coefficient (Wildman–Crippen LogP) is 3.92. The summed E-state index contributed by atoms with van der Waals surface area (Å²) in [6.07, 6.45) is 0. The van der Waals surface area contributed by atoms with Crippen LogP contribution in [0.15, 0.2) is 18.2 Å². The molecular weight excluding hydrogens is 335 g/mol. The van der Waals surface area contributed by atoms with Gasteiger partial charge in [-0.05, 0) is 11.6 Å². The highest BCUT2D eigenvalue weighted by Gasteiger charge is 2.16. The van der Waals surface area contributed by atoms with Gasteiger partial charge in [0.25, 0.3) is 0 Å². The number of ether oxygens (including phenoxy) is 1. The summed E-state index contributed by atoms with van der Waals surface area (Å²) in [5, 5.41) is 0.401. The van der Waals surface area contributed by atoms with Gasteiger partial charge in [-0.15, -0.1) is 0 Å². The average molecular weight is 342 g/mol. The zero-order valence-corrected chi connectivity index (χ0v) is 11.2. The molecule has 0 aliphatic heterocycles. The van der Waals surface area contributed by atoms with E-state index in [1.807, 2.05) is 6.07 Å². The Morgan fingerprint density at radius 2 is 2.14 bits per heavy atom. The van der Waals surface area contributed by atoms with Gasteiger partial charge in [0.15, 0.2) is 0 Å². The Kier molecular flexibility index (Phi) is 4.41. The van der Waals surface area contributed by atoms with Crippen LogP contribution in [0.1, 0.15) is 19.7 Å². The molecule has 5 heteroatoms. The van der Waals surface area contributed by atoms with E-state index in [1.54, 1.807) is 12.1 Å². The molecule has 0 saturated carbocycles. The third-order valence-electron chi connectivity index (χ3n) is 1.67. The van der Waals surface area contributed by atoms with Crippen LogP contribution in [0, 0.1) is 0 Å². The SMILES string of the molecule is COC(=O)c1cccc(C(Br)Br)c1Cl. The third kappa shape index (κ3) is 2.49. The molecular formula is C9H7Br2ClO2. The molecule has 76 valence electrons. The Hall–Kier alpha value is -0.0600. The van der Waals surface area contributed by atoms with Crippen molar-refractivity contribution in [3.05, 3.63) is 34.3 Å². The van der Waals surface area contributed by atoms with Crippen molar-refractivity contribution in [3.63, 3.8) is 0 Å². The van der Waals surface area contributed by atoms with Gasteiger partial charge < -0.3 is 4.74 Å². The number of methoxy groups -OCH3 is 1. The number of carbonyl (C=O) groups is 1. The molecule has 0 heterocycles. The van der Waals surface area contributed by atoms with Crippen LogP contribution in [-0.4, -0.2) is 13.1 Å². The Bertz CT molecular complexity index is 353. The van der Waals surface area contributed by atoms with Gasteiger partial charge in [-0.2, -0.15) is 0 Å². The minimum Gasteiger partial charge on any atom is -0.465 e. The van der Waals surface area contributed by atoms with Crippen molar-refractivity contribution in [2.24, 2.45) is 0 Å². The fourth-order valence-corrected chi connectivity index (χ4v) is 2.32. The first-order chi connectivity index (χ1) is 6.57. The van der Waals surface area contributed by atoms with Crippen molar-refractivity contribution in [2.45, 2.75) is 3.74 Å². The Labute approximate surface area is 104 Å². The van der Waals surface area contributed by atoms with Crippen molar-refractivity contribution in [1.29, 1.82) is 0 Å². The summed E-state index contributed by atoms with van der Waals surface area (Å²) < 4.78 is 4.52. The summed E-state index contributed by atoms with van der Waals surface area (Å²) in [7, 11) is 1.32. The second-order valence-corrected chi connectivity index (χ2v) is 5.94. The third-order valence-corrected chi connectivity index (χ3v) is 3.08. The van der Waals surface area contributed by atoms with Crippen LogP contribution in [0.4, 0.5) is 0 Å². The van der Waals surface area contributed by atoms with Crippen molar-refractivity contribution >= 4 is 49.4 Å². The van der Waals surface area contributed by atoms with Crippen LogP contribution >= 0.6 is 43.5 Å². The van der Waals surface area contributed by atoms with Crippen LogP contribution < -0.4 is 0 Å². The van der Waals surface area contributed by atoms with Gasteiger partial charge in [0.1, 0.15) is 0 Å². The largest absolute Gasteiger partial charge is 0.465 e. The van der Waals surface area contributed by atoms with Gasteiger partial charge >= 0.3 is 5.97 Å². The maximum atomic E-state index is 11.3. The lowest BCUT2D eigenvalue weighted by atomic mass is 10.1. The zero-order chi connectivity index (χ0) is 10.7. The fraction of sp³-hybridized carbons (Fsp3) is 0.222. The smallest absolute Gasteiger partial charge is 0.339 e. The molecule has 0 aromatic heterocycles. The highest BCUT2D eigenvalue weighted by atomic mass is 79.9. The predicted molar refractivity (Wildman–Crippen MR) is 63.4 cm³/mol. The summed E-state index contributed by atoms with van der Waals surface area (Å²) in [5.74, 6) is -0.433. The standard InChI is InChI=1S/C9H7Br2ClO2/c1-14-9(13)6-4-2-3-5(7(6)12)8(10)11/h2-4,8H,1H3. The molecule has 0 N–H and O–H groups in total. The number of hydrogen-bond donors (Lipinski definition) is 0. The summed E-state index contributed by atoms with van der Waals surface area (Å²) in [6.45, 7) is 0. The second kappa shape index (κ2) is 5.14. The quantitative estimate of drug-likeness (QED) is 0.602. The van der Waals surface area contributed by atoms with Gasteiger partial charge in [0, 0.05) is 0 Å². The molecule has 0 saturated heterocycles. The molecule has 0 aliphatic rings. The summed E-state index contributed by atoms with van der Waals surface area (Å²) in [5.41, 5.74) is 1.17. The summed E-state index contributed by atoms with van der Waals surface area (Å²) in [6, 6.07) is 5.20. The van der Waals surface area contributed by atoms with Gasteiger partial charge in [-0.3, -0.25) is 0 Å². The average Bonchev–Trinajstić information content (AvgIpc) is 2.16. The molecule has 0 amide bonds. The molecule has 0 bridgehead atoms. The number of hydrogen-bond acceptors (Lipinski definition) is 2. The van der Waals surface area contributed by atoms with E-state index in [1.165, 1.54) is 7.11 Å². The topological polar surface area (TPSA) is 26.3 Å². The number of esters is 1. The molecule has 1 aromatic carbocycles. The molecule has 0 spiro atoms. The Balaban J connectivity index is 3.20. The first-order valence-corrected chi connectivity index (χ1v) is 5.93. The van der Waals surface area contributed by atoms with Crippen molar-refractivity contribution in [3.8, 4) is 0 Å². The second-order valence-electron chi connectivity index (χ2n) is 2.50. The van der Waals surface area contributed by atoms with E-state index in [2.05, 4.69) is 36.6 Å². The Morgan fingerprint density at radius 1 is 1.50 bits per heavy atom. The molecule has 1 rings (SSSR count). The van der Waals surface area contributed by atoms with Gasteiger partial charge in [-0.25, -0.2) is 4.79 Å². The van der Waals surface area contributed by atoms with Crippen LogP contribution in [0.25, 0.3) is 0 Å². The van der Waals surface area contributed by atoms with Gasteiger partial charge in [0.2, 0.25) is 0 Å². The number of benzene rings is 1. The highest BCUT2D eigenvalue weighted by molar-refractivity contribution is 9.24. The minimum atomic E-state index is -0.433.